The molecular weight excluding hydrogens is 416 g/mol. The van der Waals surface area contributed by atoms with Crippen molar-refractivity contribution in [2.45, 2.75) is 11.8 Å². The van der Waals surface area contributed by atoms with Crippen LogP contribution in [0.3, 0.4) is 0 Å². The van der Waals surface area contributed by atoms with Gasteiger partial charge in [0.05, 0.1) is 17.8 Å². The van der Waals surface area contributed by atoms with E-state index in [2.05, 4.69) is 0 Å². The molecule has 0 heterocycles. The second-order valence-electron chi connectivity index (χ2n) is 4.69. The molecule has 2 aromatic carbocycles. The zero-order valence-electron chi connectivity index (χ0n) is 12.7. The van der Waals surface area contributed by atoms with Crippen molar-refractivity contribution >= 4 is 62.1 Å². The summed E-state index contributed by atoms with van der Waals surface area (Å²) in [5.74, 6) is 0.287. The number of hydrogen-bond acceptors (Lipinski definition) is 3. The SMILES string of the molecule is CCN(c1cc(Cl)cc(Cl)c1)S(=O)(=O)c1ccc(OC)c(Cl)c1Cl. The van der Waals surface area contributed by atoms with Crippen molar-refractivity contribution in [3.63, 3.8) is 0 Å². The quantitative estimate of drug-likeness (QED) is 0.629. The second kappa shape index (κ2) is 7.58. The van der Waals surface area contributed by atoms with Gasteiger partial charge in [-0.05, 0) is 37.3 Å². The number of nitrogens with zero attached hydrogens (tertiary/aromatic N) is 1. The molecule has 4 nitrogen and oxygen atoms in total. The Morgan fingerprint density at radius 1 is 1.00 bits per heavy atom. The maximum absolute atomic E-state index is 13.0. The van der Waals surface area contributed by atoms with E-state index in [1.54, 1.807) is 6.92 Å². The molecule has 0 aliphatic carbocycles. The molecule has 0 fully saturated rings. The third-order valence-corrected chi connectivity index (χ3v) is 6.58. The lowest BCUT2D eigenvalue weighted by Crippen LogP contribution is -2.31. The van der Waals surface area contributed by atoms with Crippen LogP contribution in [-0.4, -0.2) is 22.1 Å². The van der Waals surface area contributed by atoms with Gasteiger partial charge in [0, 0.05) is 16.6 Å². The third-order valence-electron chi connectivity index (χ3n) is 3.22. The fourth-order valence-electron chi connectivity index (χ4n) is 2.16. The number of methoxy groups -OCH3 is 1. The maximum atomic E-state index is 13.0. The molecule has 0 aliphatic rings. The van der Waals surface area contributed by atoms with Crippen LogP contribution in [0, 0.1) is 0 Å². The Labute approximate surface area is 160 Å². The lowest BCUT2D eigenvalue weighted by molar-refractivity contribution is 0.414. The van der Waals surface area contributed by atoms with Gasteiger partial charge in [-0.1, -0.05) is 46.4 Å². The van der Waals surface area contributed by atoms with E-state index >= 15 is 0 Å². The highest BCUT2D eigenvalue weighted by Crippen LogP contribution is 2.39. The average Bonchev–Trinajstić information content (AvgIpc) is 2.49. The minimum atomic E-state index is -3.97. The van der Waals surface area contributed by atoms with Crippen molar-refractivity contribution in [3.8, 4) is 5.75 Å². The number of halogens is 4. The van der Waals surface area contributed by atoms with Gasteiger partial charge in [-0.2, -0.15) is 0 Å². The van der Waals surface area contributed by atoms with E-state index in [0.29, 0.717) is 15.7 Å². The predicted octanol–water partition coefficient (Wildman–Crippen LogP) is 5.52. The van der Waals surface area contributed by atoms with Gasteiger partial charge in [-0.25, -0.2) is 8.42 Å². The molecule has 0 unspecified atom stereocenters. The van der Waals surface area contributed by atoms with Crippen LogP contribution in [0.2, 0.25) is 20.1 Å². The van der Waals surface area contributed by atoms with Crippen molar-refractivity contribution in [3.05, 3.63) is 50.4 Å². The van der Waals surface area contributed by atoms with Gasteiger partial charge in [0.2, 0.25) is 0 Å². The molecule has 24 heavy (non-hydrogen) atoms. The lowest BCUT2D eigenvalue weighted by atomic mass is 10.3. The Kier molecular flexibility index (Phi) is 6.15. The van der Waals surface area contributed by atoms with E-state index in [-0.39, 0.29) is 27.2 Å². The number of anilines is 1. The normalized spacial score (nSPS) is 11.4. The standard InChI is InChI=1S/C15H13Cl4NO3S/c1-3-20(11-7-9(16)6-10(17)8-11)24(21,22)13-5-4-12(23-2)14(18)15(13)19/h4-8H,3H2,1-2H3. The first-order valence-corrected chi connectivity index (χ1v) is 9.68. The van der Waals surface area contributed by atoms with Crippen molar-refractivity contribution in [1.82, 2.24) is 0 Å². The molecule has 0 aromatic heterocycles. The number of rotatable bonds is 5. The van der Waals surface area contributed by atoms with E-state index in [1.807, 2.05) is 0 Å². The summed E-state index contributed by atoms with van der Waals surface area (Å²) in [6.07, 6.45) is 0. The summed E-state index contributed by atoms with van der Waals surface area (Å²) in [5.41, 5.74) is 0.331. The van der Waals surface area contributed by atoms with Crippen LogP contribution in [0.5, 0.6) is 5.75 Å². The predicted molar refractivity (Wildman–Crippen MR) is 99.7 cm³/mol. The zero-order chi connectivity index (χ0) is 18.1. The highest BCUT2D eigenvalue weighted by atomic mass is 35.5. The van der Waals surface area contributed by atoms with E-state index in [0.717, 1.165) is 4.31 Å². The molecule has 9 heteroatoms. The Morgan fingerprint density at radius 3 is 2.08 bits per heavy atom. The molecular formula is C15H13Cl4NO3S. The fraction of sp³-hybridized carbons (Fsp3) is 0.200. The number of ether oxygens (including phenoxy) is 1. The van der Waals surface area contributed by atoms with Gasteiger partial charge < -0.3 is 4.74 Å². The van der Waals surface area contributed by atoms with Crippen molar-refractivity contribution in [2.75, 3.05) is 18.0 Å². The summed E-state index contributed by atoms with van der Waals surface area (Å²) < 4.78 is 32.2. The molecule has 0 radical (unpaired) electrons. The Hall–Kier alpha value is -0.850. The van der Waals surface area contributed by atoms with Gasteiger partial charge in [0.1, 0.15) is 15.7 Å². The average molecular weight is 429 g/mol. The Balaban J connectivity index is 2.61. The van der Waals surface area contributed by atoms with Crippen LogP contribution in [-0.2, 0) is 10.0 Å². The van der Waals surface area contributed by atoms with Crippen LogP contribution in [0.1, 0.15) is 6.92 Å². The summed E-state index contributed by atoms with van der Waals surface area (Å²) in [7, 11) is -2.56. The first kappa shape index (κ1) is 19.5. The first-order chi connectivity index (χ1) is 11.2. The lowest BCUT2D eigenvalue weighted by Gasteiger charge is -2.24. The third kappa shape index (κ3) is 3.70. The van der Waals surface area contributed by atoms with Gasteiger partial charge >= 0.3 is 0 Å². The van der Waals surface area contributed by atoms with Crippen LogP contribution in [0.15, 0.2) is 35.2 Å². The van der Waals surface area contributed by atoms with Crippen molar-refractivity contribution < 1.29 is 13.2 Å². The highest BCUT2D eigenvalue weighted by molar-refractivity contribution is 7.93. The Morgan fingerprint density at radius 2 is 1.58 bits per heavy atom. The highest BCUT2D eigenvalue weighted by Gasteiger charge is 2.28. The van der Waals surface area contributed by atoms with Crippen LogP contribution in [0.25, 0.3) is 0 Å². The summed E-state index contributed by atoms with van der Waals surface area (Å²) >= 11 is 24.2. The van der Waals surface area contributed by atoms with Crippen molar-refractivity contribution in [2.24, 2.45) is 0 Å². The van der Waals surface area contributed by atoms with Gasteiger partial charge in [0.15, 0.2) is 0 Å². The zero-order valence-corrected chi connectivity index (χ0v) is 16.5. The van der Waals surface area contributed by atoms with Gasteiger partial charge in [-0.3, -0.25) is 4.31 Å². The summed E-state index contributed by atoms with van der Waals surface area (Å²) in [4.78, 5) is -0.132. The summed E-state index contributed by atoms with van der Waals surface area (Å²) in [6, 6.07) is 7.32. The van der Waals surface area contributed by atoms with E-state index in [9.17, 15) is 8.42 Å². The summed E-state index contributed by atoms with van der Waals surface area (Å²) in [6.45, 7) is 1.84. The molecule has 0 atom stereocenters. The minimum absolute atomic E-state index is 0.0282. The minimum Gasteiger partial charge on any atom is -0.495 e. The topological polar surface area (TPSA) is 46.6 Å². The monoisotopic (exact) mass is 427 g/mol. The first-order valence-electron chi connectivity index (χ1n) is 6.73. The molecule has 2 rings (SSSR count). The fourth-order valence-corrected chi connectivity index (χ4v) is 4.95. The molecule has 2 aromatic rings. The molecule has 0 aliphatic heterocycles. The van der Waals surface area contributed by atoms with E-state index in [1.165, 1.54) is 37.4 Å². The van der Waals surface area contributed by atoms with Crippen LogP contribution in [0.4, 0.5) is 5.69 Å². The van der Waals surface area contributed by atoms with Gasteiger partial charge in [0.25, 0.3) is 10.0 Å². The largest absolute Gasteiger partial charge is 0.495 e. The molecule has 0 amide bonds. The van der Waals surface area contributed by atoms with Crippen molar-refractivity contribution in [1.29, 1.82) is 0 Å². The molecule has 0 bridgehead atoms. The smallest absolute Gasteiger partial charge is 0.265 e. The molecule has 0 saturated heterocycles. The number of benzene rings is 2. The second-order valence-corrected chi connectivity index (χ2v) is 8.15. The Bertz CT molecular complexity index is 851. The molecule has 0 N–H and O–H groups in total. The molecule has 130 valence electrons. The van der Waals surface area contributed by atoms with Crippen LogP contribution >= 0.6 is 46.4 Å². The summed E-state index contributed by atoms with van der Waals surface area (Å²) in [5, 5.41) is 0.568. The molecule has 0 saturated carbocycles. The van der Waals surface area contributed by atoms with Gasteiger partial charge in [-0.15, -0.1) is 0 Å². The maximum Gasteiger partial charge on any atom is 0.265 e. The van der Waals surface area contributed by atoms with Crippen LogP contribution < -0.4 is 9.04 Å². The number of hydrogen-bond donors (Lipinski definition) is 0. The number of sulfonamides is 1. The molecule has 0 spiro atoms. The van der Waals surface area contributed by atoms with E-state index < -0.39 is 10.0 Å². The van der Waals surface area contributed by atoms with E-state index in [4.69, 9.17) is 51.1 Å².